The first-order valence-corrected chi connectivity index (χ1v) is 5.24. The highest BCUT2D eigenvalue weighted by Gasteiger charge is 2.03. The predicted molar refractivity (Wildman–Crippen MR) is 63.9 cm³/mol. The fraction of sp³-hybridized carbons (Fsp3) is 0. The van der Waals surface area contributed by atoms with E-state index in [1.807, 2.05) is 0 Å². The Labute approximate surface area is 102 Å². The van der Waals surface area contributed by atoms with E-state index in [9.17, 15) is 4.39 Å². The zero-order chi connectivity index (χ0) is 11.5. The number of pyridine rings is 1. The molecule has 82 valence electrons. The summed E-state index contributed by atoms with van der Waals surface area (Å²) in [6.45, 7) is 0. The minimum absolute atomic E-state index is 0.319. The van der Waals surface area contributed by atoms with Crippen molar-refractivity contribution < 1.29 is 4.39 Å². The molecule has 2 rings (SSSR count). The number of anilines is 2. The Hall–Kier alpha value is -1.32. The molecule has 0 amide bonds. The van der Waals surface area contributed by atoms with E-state index < -0.39 is 5.82 Å². The van der Waals surface area contributed by atoms with Gasteiger partial charge < -0.3 is 5.32 Å². The van der Waals surface area contributed by atoms with Gasteiger partial charge in [-0.3, -0.25) is 0 Å². The van der Waals surface area contributed by atoms with Crippen LogP contribution in [0.5, 0.6) is 0 Å². The molecule has 1 aromatic carbocycles. The third kappa shape index (κ3) is 2.62. The molecule has 0 aliphatic rings. The summed E-state index contributed by atoms with van der Waals surface area (Å²) >= 11 is 11.3. The zero-order valence-electron chi connectivity index (χ0n) is 8.05. The van der Waals surface area contributed by atoms with Crippen LogP contribution < -0.4 is 5.32 Å². The summed E-state index contributed by atoms with van der Waals surface area (Å²) in [5, 5.41) is 3.71. The maximum Gasteiger partial charge on any atom is 0.148 e. The minimum Gasteiger partial charge on any atom is -0.338 e. The molecule has 0 saturated carbocycles. The van der Waals surface area contributed by atoms with Crippen molar-refractivity contribution in [2.45, 2.75) is 0 Å². The Balaban J connectivity index is 2.23. The van der Waals surface area contributed by atoms with Gasteiger partial charge in [0.05, 0.1) is 10.7 Å². The van der Waals surface area contributed by atoms with E-state index in [1.54, 1.807) is 24.3 Å². The molecule has 1 aromatic heterocycles. The molecule has 0 unspecified atom stereocenters. The molecule has 0 aliphatic carbocycles. The van der Waals surface area contributed by atoms with Crippen molar-refractivity contribution in [2.75, 3.05) is 5.32 Å². The van der Waals surface area contributed by atoms with Crippen LogP contribution in [-0.4, -0.2) is 4.98 Å². The highest BCUT2D eigenvalue weighted by atomic mass is 35.5. The van der Waals surface area contributed by atoms with Crippen LogP contribution in [0.1, 0.15) is 0 Å². The lowest BCUT2D eigenvalue weighted by Crippen LogP contribution is -1.95. The van der Waals surface area contributed by atoms with Crippen LogP contribution in [0.15, 0.2) is 36.5 Å². The summed E-state index contributed by atoms with van der Waals surface area (Å²) < 4.78 is 13.4. The number of benzene rings is 1. The number of hydrogen-bond acceptors (Lipinski definition) is 2. The van der Waals surface area contributed by atoms with Gasteiger partial charge in [-0.15, -0.1) is 0 Å². The summed E-state index contributed by atoms with van der Waals surface area (Å²) in [4.78, 5) is 3.99. The lowest BCUT2D eigenvalue weighted by atomic mass is 10.3. The second-order valence-corrected chi connectivity index (χ2v) is 3.98. The Bertz CT molecular complexity index is 500. The SMILES string of the molecule is Fc1cc(Cl)ccc1Nc1ccc(Cl)cn1. The second-order valence-electron chi connectivity index (χ2n) is 3.11. The van der Waals surface area contributed by atoms with Gasteiger partial charge in [0, 0.05) is 11.2 Å². The predicted octanol–water partition coefficient (Wildman–Crippen LogP) is 4.27. The average molecular weight is 257 g/mol. The number of rotatable bonds is 2. The van der Waals surface area contributed by atoms with E-state index in [2.05, 4.69) is 10.3 Å². The normalized spacial score (nSPS) is 10.2. The maximum atomic E-state index is 13.4. The van der Waals surface area contributed by atoms with Crippen LogP contribution in [0.3, 0.4) is 0 Å². The standard InChI is InChI=1S/C11H7Cl2FN2/c12-7-1-3-10(9(14)5-7)16-11-4-2-8(13)6-15-11/h1-6H,(H,15,16). The minimum atomic E-state index is -0.427. The third-order valence-electron chi connectivity index (χ3n) is 1.92. The van der Waals surface area contributed by atoms with Crippen molar-refractivity contribution in [1.29, 1.82) is 0 Å². The Kier molecular flexibility index (Phi) is 3.27. The van der Waals surface area contributed by atoms with Crippen LogP contribution in [0.25, 0.3) is 0 Å². The summed E-state index contributed by atoms with van der Waals surface area (Å²) in [6.07, 6.45) is 1.48. The lowest BCUT2D eigenvalue weighted by molar-refractivity contribution is 0.632. The number of aromatic nitrogens is 1. The van der Waals surface area contributed by atoms with Crippen LogP contribution in [-0.2, 0) is 0 Å². The van der Waals surface area contributed by atoms with Crippen LogP contribution >= 0.6 is 23.2 Å². The summed E-state index contributed by atoms with van der Waals surface area (Å²) in [6, 6.07) is 7.72. The molecule has 1 N–H and O–H groups in total. The zero-order valence-corrected chi connectivity index (χ0v) is 9.56. The van der Waals surface area contributed by atoms with E-state index >= 15 is 0 Å². The average Bonchev–Trinajstić information content (AvgIpc) is 2.25. The first-order chi connectivity index (χ1) is 7.65. The summed E-state index contributed by atoms with van der Waals surface area (Å²) in [7, 11) is 0. The van der Waals surface area contributed by atoms with E-state index in [-0.39, 0.29) is 0 Å². The lowest BCUT2D eigenvalue weighted by Gasteiger charge is -2.06. The molecule has 0 bridgehead atoms. The first kappa shape index (κ1) is 11.2. The van der Waals surface area contributed by atoms with Crippen LogP contribution in [0.4, 0.5) is 15.9 Å². The molecular formula is C11H7Cl2FN2. The first-order valence-electron chi connectivity index (χ1n) is 4.49. The van der Waals surface area contributed by atoms with Crippen molar-refractivity contribution in [3.8, 4) is 0 Å². The quantitative estimate of drug-likeness (QED) is 0.868. The maximum absolute atomic E-state index is 13.4. The Morgan fingerprint density at radius 2 is 1.81 bits per heavy atom. The van der Waals surface area contributed by atoms with Crippen molar-refractivity contribution in [2.24, 2.45) is 0 Å². The van der Waals surface area contributed by atoms with E-state index in [0.29, 0.717) is 21.6 Å². The molecule has 2 aromatic rings. The number of nitrogens with one attached hydrogen (secondary N) is 1. The second kappa shape index (κ2) is 4.68. The number of nitrogens with zero attached hydrogens (tertiary/aromatic N) is 1. The Morgan fingerprint density at radius 3 is 2.44 bits per heavy atom. The molecule has 0 radical (unpaired) electrons. The fourth-order valence-corrected chi connectivity index (χ4v) is 1.45. The van der Waals surface area contributed by atoms with Gasteiger partial charge in [-0.2, -0.15) is 0 Å². The topological polar surface area (TPSA) is 24.9 Å². The molecule has 0 atom stereocenters. The van der Waals surface area contributed by atoms with Crippen molar-refractivity contribution in [3.63, 3.8) is 0 Å². The van der Waals surface area contributed by atoms with Gasteiger partial charge in [0.1, 0.15) is 11.6 Å². The monoisotopic (exact) mass is 256 g/mol. The number of hydrogen-bond donors (Lipinski definition) is 1. The van der Waals surface area contributed by atoms with Crippen LogP contribution in [0.2, 0.25) is 10.0 Å². The molecule has 1 heterocycles. The van der Waals surface area contributed by atoms with E-state index in [0.717, 1.165) is 0 Å². The molecule has 2 nitrogen and oxygen atoms in total. The highest BCUT2D eigenvalue weighted by molar-refractivity contribution is 6.30. The van der Waals surface area contributed by atoms with Gasteiger partial charge in [-0.1, -0.05) is 23.2 Å². The smallest absolute Gasteiger partial charge is 0.148 e. The van der Waals surface area contributed by atoms with Gasteiger partial charge in [0.2, 0.25) is 0 Å². The molecule has 5 heteroatoms. The number of halogens is 3. The van der Waals surface area contributed by atoms with Crippen molar-refractivity contribution in [3.05, 3.63) is 52.4 Å². The molecule has 16 heavy (non-hydrogen) atoms. The molecule has 0 saturated heterocycles. The highest BCUT2D eigenvalue weighted by Crippen LogP contribution is 2.22. The third-order valence-corrected chi connectivity index (χ3v) is 2.38. The van der Waals surface area contributed by atoms with Gasteiger partial charge >= 0.3 is 0 Å². The van der Waals surface area contributed by atoms with Gasteiger partial charge in [-0.25, -0.2) is 9.37 Å². The largest absolute Gasteiger partial charge is 0.338 e. The van der Waals surface area contributed by atoms with E-state index in [1.165, 1.54) is 12.3 Å². The van der Waals surface area contributed by atoms with Gasteiger partial charge in [0.15, 0.2) is 0 Å². The molecular weight excluding hydrogens is 250 g/mol. The molecule has 0 fully saturated rings. The summed E-state index contributed by atoms with van der Waals surface area (Å²) in [5.74, 6) is 0.0925. The molecule has 0 aliphatic heterocycles. The van der Waals surface area contributed by atoms with Crippen molar-refractivity contribution >= 4 is 34.7 Å². The van der Waals surface area contributed by atoms with E-state index in [4.69, 9.17) is 23.2 Å². The summed E-state index contributed by atoms with van der Waals surface area (Å²) in [5.41, 5.74) is 0.319. The molecule has 0 spiro atoms. The van der Waals surface area contributed by atoms with Gasteiger partial charge in [0.25, 0.3) is 0 Å². The Morgan fingerprint density at radius 1 is 1.06 bits per heavy atom. The fourth-order valence-electron chi connectivity index (χ4n) is 1.18. The van der Waals surface area contributed by atoms with Crippen LogP contribution in [0, 0.1) is 5.82 Å². The van der Waals surface area contributed by atoms with Gasteiger partial charge in [-0.05, 0) is 30.3 Å². The van der Waals surface area contributed by atoms with Crippen molar-refractivity contribution in [1.82, 2.24) is 4.98 Å².